The van der Waals surface area contributed by atoms with Gasteiger partial charge < -0.3 is 11.5 Å². The smallest absolute Gasteiger partial charge is 0.166 e. The highest BCUT2D eigenvalue weighted by Crippen LogP contribution is 2.23. The van der Waals surface area contributed by atoms with E-state index in [1.165, 1.54) is 6.92 Å². The third-order valence-corrected chi connectivity index (χ3v) is 2.00. The average Bonchev–Trinajstić information content (AvgIpc) is 2.14. The van der Waals surface area contributed by atoms with Gasteiger partial charge in [0.1, 0.15) is 5.82 Å². The molecule has 4 N–H and O–H groups in total. The Morgan fingerprint density at radius 2 is 1.86 bits per heavy atom. The highest BCUT2D eigenvalue weighted by atomic mass is 19.2. The number of hydrogen-bond acceptors (Lipinski definition) is 2. The molecule has 2 nitrogen and oxygen atoms in total. The fourth-order valence-corrected chi connectivity index (χ4v) is 1.19. The molecule has 0 aliphatic heterocycles. The number of nitrogens with two attached hydrogens (primary N) is 2. The van der Waals surface area contributed by atoms with Crippen LogP contribution in [0.2, 0.25) is 0 Å². The van der Waals surface area contributed by atoms with Gasteiger partial charge in [-0.3, -0.25) is 0 Å². The molecule has 0 aliphatic carbocycles. The first-order valence-electron chi connectivity index (χ1n) is 4.08. The first-order chi connectivity index (χ1) is 6.49. The Balaban J connectivity index is 3.36. The second-order valence-corrected chi connectivity index (χ2v) is 3.06. The molecule has 1 rings (SSSR count). The van der Waals surface area contributed by atoms with Crippen LogP contribution in [0.4, 0.5) is 13.2 Å². The second-order valence-electron chi connectivity index (χ2n) is 3.06. The van der Waals surface area contributed by atoms with Crippen LogP contribution in [0.25, 0.3) is 0 Å². The van der Waals surface area contributed by atoms with Gasteiger partial charge in [-0.15, -0.1) is 0 Å². The van der Waals surface area contributed by atoms with Crippen molar-refractivity contribution >= 4 is 0 Å². The normalized spacial score (nSPS) is 13.0. The molecular weight excluding hydrogens is 193 g/mol. The minimum absolute atomic E-state index is 0.0898. The predicted octanol–water partition coefficient (Wildman–Crippen LogP) is 1.37. The molecule has 0 aromatic heterocycles. The summed E-state index contributed by atoms with van der Waals surface area (Å²) in [6, 6.07) is -0.117. The van der Waals surface area contributed by atoms with Crippen molar-refractivity contribution in [2.75, 3.05) is 6.54 Å². The lowest BCUT2D eigenvalue weighted by molar-refractivity contribution is 0.461. The van der Waals surface area contributed by atoms with E-state index in [1.54, 1.807) is 0 Å². The first kappa shape index (κ1) is 11.0. The minimum Gasteiger partial charge on any atom is -0.329 e. The zero-order valence-corrected chi connectivity index (χ0v) is 7.65. The third-order valence-electron chi connectivity index (χ3n) is 2.00. The lowest BCUT2D eigenvalue weighted by Crippen LogP contribution is -2.24. The molecule has 0 amide bonds. The van der Waals surface area contributed by atoms with Crippen molar-refractivity contribution in [1.82, 2.24) is 0 Å². The molecule has 0 aliphatic rings. The van der Waals surface area contributed by atoms with Gasteiger partial charge in [-0.1, -0.05) is 0 Å². The van der Waals surface area contributed by atoms with Crippen molar-refractivity contribution in [3.05, 3.63) is 34.6 Å². The number of rotatable bonds is 2. The van der Waals surface area contributed by atoms with Crippen molar-refractivity contribution in [1.29, 1.82) is 0 Å². The van der Waals surface area contributed by atoms with Crippen molar-refractivity contribution in [3.8, 4) is 0 Å². The van der Waals surface area contributed by atoms with Crippen LogP contribution < -0.4 is 11.5 Å². The largest absolute Gasteiger partial charge is 0.329 e. The Morgan fingerprint density at radius 3 is 2.36 bits per heavy atom. The van der Waals surface area contributed by atoms with Gasteiger partial charge in [0.2, 0.25) is 0 Å². The van der Waals surface area contributed by atoms with E-state index in [0.717, 1.165) is 6.07 Å². The van der Waals surface area contributed by atoms with Crippen LogP contribution in [0.15, 0.2) is 6.07 Å². The molecule has 14 heavy (non-hydrogen) atoms. The molecule has 0 radical (unpaired) electrons. The van der Waals surface area contributed by atoms with Crippen LogP contribution in [0.5, 0.6) is 0 Å². The topological polar surface area (TPSA) is 52.0 Å². The zero-order valence-electron chi connectivity index (χ0n) is 7.65. The Morgan fingerprint density at radius 1 is 1.29 bits per heavy atom. The van der Waals surface area contributed by atoms with E-state index in [2.05, 4.69) is 0 Å². The van der Waals surface area contributed by atoms with Gasteiger partial charge in [0.05, 0.1) is 0 Å². The van der Waals surface area contributed by atoms with Crippen LogP contribution in [-0.2, 0) is 0 Å². The van der Waals surface area contributed by atoms with E-state index in [0.29, 0.717) is 0 Å². The van der Waals surface area contributed by atoms with Crippen molar-refractivity contribution in [3.63, 3.8) is 0 Å². The summed E-state index contributed by atoms with van der Waals surface area (Å²) < 4.78 is 39.4. The zero-order chi connectivity index (χ0) is 10.9. The van der Waals surface area contributed by atoms with E-state index in [4.69, 9.17) is 11.5 Å². The molecule has 0 spiro atoms. The fourth-order valence-electron chi connectivity index (χ4n) is 1.19. The number of hydrogen-bond donors (Lipinski definition) is 2. The molecule has 1 unspecified atom stereocenters. The monoisotopic (exact) mass is 204 g/mol. The fraction of sp³-hybridized carbons (Fsp3) is 0.333. The molecule has 78 valence electrons. The quantitative estimate of drug-likeness (QED) is 0.715. The van der Waals surface area contributed by atoms with E-state index in [9.17, 15) is 13.2 Å². The van der Waals surface area contributed by atoms with Crippen LogP contribution in [0, 0.1) is 24.4 Å². The SMILES string of the molecule is Cc1cc(F)c(C(N)CN)c(F)c1F. The van der Waals surface area contributed by atoms with Crippen molar-refractivity contribution in [2.45, 2.75) is 13.0 Å². The number of halogens is 3. The molecule has 0 heterocycles. The maximum atomic E-state index is 13.2. The lowest BCUT2D eigenvalue weighted by Gasteiger charge is -2.12. The molecule has 1 aromatic rings. The third kappa shape index (κ3) is 1.73. The van der Waals surface area contributed by atoms with Gasteiger partial charge >= 0.3 is 0 Å². The predicted molar refractivity (Wildman–Crippen MR) is 47.0 cm³/mol. The summed E-state index contributed by atoms with van der Waals surface area (Å²) in [4.78, 5) is 0. The Labute approximate surface area is 79.7 Å². The first-order valence-corrected chi connectivity index (χ1v) is 4.08. The van der Waals surface area contributed by atoms with Crippen LogP contribution in [0.1, 0.15) is 17.2 Å². The molecule has 0 saturated carbocycles. The molecular formula is C9H11F3N2. The maximum Gasteiger partial charge on any atom is 0.166 e. The standard InChI is InChI=1S/C9H11F3N2/c1-4-2-5(10)7(6(14)3-13)9(12)8(4)11/h2,6H,3,13-14H2,1H3. The van der Waals surface area contributed by atoms with Gasteiger partial charge in [0.25, 0.3) is 0 Å². The summed E-state index contributed by atoms with van der Waals surface area (Å²) in [5, 5.41) is 0. The summed E-state index contributed by atoms with van der Waals surface area (Å²) in [6.07, 6.45) is 0. The summed E-state index contributed by atoms with van der Waals surface area (Å²) in [5.74, 6) is -3.19. The molecule has 1 aromatic carbocycles. The summed E-state index contributed by atoms with van der Waals surface area (Å²) in [7, 11) is 0. The molecule has 5 heteroatoms. The van der Waals surface area contributed by atoms with E-state index in [-0.39, 0.29) is 12.1 Å². The van der Waals surface area contributed by atoms with E-state index >= 15 is 0 Å². The molecule has 0 saturated heterocycles. The second kappa shape index (κ2) is 3.98. The van der Waals surface area contributed by atoms with Crippen LogP contribution >= 0.6 is 0 Å². The van der Waals surface area contributed by atoms with Gasteiger partial charge in [0, 0.05) is 18.2 Å². The maximum absolute atomic E-state index is 13.2. The molecule has 0 fully saturated rings. The molecule has 0 bridgehead atoms. The average molecular weight is 204 g/mol. The van der Waals surface area contributed by atoms with Gasteiger partial charge in [-0.2, -0.15) is 0 Å². The number of aryl methyl sites for hydroxylation is 1. The van der Waals surface area contributed by atoms with Gasteiger partial charge in [0.15, 0.2) is 11.6 Å². The van der Waals surface area contributed by atoms with Gasteiger partial charge in [-0.05, 0) is 18.6 Å². The van der Waals surface area contributed by atoms with Crippen LogP contribution in [0.3, 0.4) is 0 Å². The summed E-state index contributed by atoms with van der Waals surface area (Å²) in [6.45, 7) is 1.13. The lowest BCUT2D eigenvalue weighted by atomic mass is 10.0. The number of benzene rings is 1. The van der Waals surface area contributed by atoms with E-state index < -0.39 is 29.1 Å². The van der Waals surface area contributed by atoms with Gasteiger partial charge in [-0.25, -0.2) is 13.2 Å². The minimum atomic E-state index is -1.25. The highest BCUT2D eigenvalue weighted by molar-refractivity contribution is 5.29. The van der Waals surface area contributed by atoms with E-state index in [1.807, 2.05) is 0 Å². The van der Waals surface area contributed by atoms with Crippen molar-refractivity contribution in [2.24, 2.45) is 11.5 Å². The van der Waals surface area contributed by atoms with Crippen molar-refractivity contribution < 1.29 is 13.2 Å². The highest BCUT2D eigenvalue weighted by Gasteiger charge is 2.20. The Kier molecular flexibility index (Phi) is 3.13. The van der Waals surface area contributed by atoms with Crippen LogP contribution in [-0.4, -0.2) is 6.54 Å². The Bertz CT molecular complexity index is 352. The Hall–Kier alpha value is -1.07. The summed E-state index contributed by atoms with van der Waals surface area (Å²) >= 11 is 0. The molecule has 1 atom stereocenters. The summed E-state index contributed by atoms with van der Waals surface area (Å²) in [5.41, 5.74) is 9.91.